The molecule has 2 N–H and O–H groups in total. The molecule has 1 aromatic carbocycles. The van der Waals surface area contributed by atoms with E-state index in [9.17, 15) is 4.79 Å². The zero-order valence-electron chi connectivity index (χ0n) is 15.2. The maximum absolute atomic E-state index is 12.6. The summed E-state index contributed by atoms with van der Waals surface area (Å²) in [5, 5.41) is 9.95. The molecular weight excluding hydrogens is 372 g/mol. The van der Waals surface area contributed by atoms with Gasteiger partial charge in [-0.3, -0.25) is 14.9 Å². The highest BCUT2D eigenvalue weighted by Gasteiger charge is 2.11. The number of aryl methyl sites for hydroxylation is 1. The predicted molar refractivity (Wildman–Crippen MR) is 110 cm³/mol. The quantitative estimate of drug-likeness (QED) is 0.501. The highest BCUT2D eigenvalue weighted by Crippen LogP contribution is 2.27. The molecule has 3 aromatic heterocycles. The smallest absolute Gasteiger partial charge is 0.256 e. The van der Waals surface area contributed by atoms with Gasteiger partial charge < -0.3 is 10.1 Å². The molecule has 28 heavy (non-hydrogen) atoms. The minimum atomic E-state index is -0.243. The first-order valence-corrected chi connectivity index (χ1v) is 9.54. The van der Waals surface area contributed by atoms with Gasteiger partial charge in [0.25, 0.3) is 5.91 Å². The molecule has 0 aliphatic heterocycles. The Morgan fingerprint density at radius 1 is 1.18 bits per heavy atom. The molecule has 4 rings (SSSR count). The average molecular weight is 390 g/mol. The van der Waals surface area contributed by atoms with Crippen molar-refractivity contribution in [3.63, 3.8) is 0 Å². The summed E-state index contributed by atoms with van der Waals surface area (Å²) >= 11 is 1.67. The number of rotatable bonds is 6. The van der Waals surface area contributed by atoms with Crippen LogP contribution in [0.5, 0.6) is 5.75 Å². The third-order valence-corrected chi connectivity index (χ3v) is 5.08. The number of aromatic nitrogens is 3. The summed E-state index contributed by atoms with van der Waals surface area (Å²) in [6.45, 7) is 2.44. The minimum Gasteiger partial charge on any atom is -0.489 e. The normalized spacial score (nSPS) is 10.6. The van der Waals surface area contributed by atoms with Crippen molar-refractivity contribution in [2.45, 2.75) is 13.5 Å². The molecule has 0 atom stereocenters. The summed E-state index contributed by atoms with van der Waals surface area (Å²) in [6, 6.07) is 16.8. The van der Waals surface area contributed by atoms with Crippen molar-refractivity contribution in [1.82, 2.24) is 15.2 Å². The number of carbonyl (C=O) groups is 1. The number of benzene rings is 1. The summed E-state index contributed by atoms with van der Waals surface area (Å²) in [5.74, 6) is 0.855. The third-order valence-electron chi connectivity index (χ3n) is 4.05. The standard InChI is InChI=1S/C21H18N4O2S/c1-14-7-8-19(28-14)18-11-20(25-24-18)23-21(26)16-5-2-6-17(10-16)27-13-15-4-3-9-22-12-15/h2-12H,13H2,1H3,(H2,23,24,25,26). The molecular formula is C21H18N4O2S. The van der Waals surface area contributed by atoms with E-state index in [1.165, 1.54) is 4.88 Å². The Bertz CT molecular complexity index is 1090. The van der Waals surface area contributed by atoms with E-state index in [-0.39, 0.29) is 5.91 Å². The molecule has 0 bridgehead atoms. The van der Waals surface area contributed by atoms with E-state index >= 15 is 0 Å². The number of amides is 1. The zero-order valence-corrected chi connectivity index (χ0v) is 16.0. The first-order chi connectivity index (χ1) is 13.7. The van der Waals surface area contributed by atoms with Crippen LogP contribution in [0, 0.1) is 6.92 Å². The summed E-state index contributed by atoms with van der Waals surface area (Å²) < 4.78 is 5.76. The van der Waals surface area contributed by atoms with Crippen LogP contribution in [0.15, 0.2) is 67.0 Å². The van der Waals surface area contributed by atoms with Gasteiger partial charge in [0.2, 0.25) is 0 Å². The fourth-order valence-corrected chi connectivity index (χ4v) is 3.49. The zero-order chi connectivity index (χ0) is 19.3. The van der Waals surface area contributed by atoms with Crippen LogP contribution in [0.4, 0.5) is 5.82 Å². The van der Waals surface area contributed by atoms with Crippen LogP contribution < -0.4 is 10.1 Å². The molecule has 0 aliphatic carbocycles. The van der Waals surface area contributed by atoms with Crippen molar-refractivity contribution in [2.24, 2.45) is 0 Å². The second-order valence-corrected chi connectivity index (χ2v) is 7.50. The van der Waals surface area contributed by atoms with E-state index in [0.29, 0.717) is 23.7 Å². The number of ether oxygens (including phenoxy) is 1. The molecule has 4 aromatic rings. The van der Waals surface area contributed by atoms with Gasteiger partial charge in [-0.2, -0.15) is 5.10 Å². The molecule has 0 fully saturated rings. The van der Waals surface area contributed by atoms with Gasteiger partial charge in [0.15, 0.2) is 5.82 Å². The maximum atomic E-state index is 12.6. The molecule has 3 heterocycles. The van der Waals surface area contributed by atoms with Crippen molar-refractivity contribution in [2.75, 3.05) is 5.32 Å². The number of thiophene rings is 1. The average Bonchev–Trinajstić information content (AvgIpc) is 3.36. The van der Waals surface area contributed by atoms with E-state index in [0.717, 1.165) is 16.1 Å². The Hall–Kier alpha value is -3.45. The van der Waals surface area contributed by atoms with Gasteiger partial charge in [-0.1, -0.05) is 12.1 Å². The molecule has 0 spiro atoms. The highest BCUT2D eigenvalue weighted by molar-refractivity contribution is 7.15. The Kier molecular flexibility index (Phi) is 5.16. The van der Waals surface area contributed by atoms with Crippen LogP contribution in [-0.2, 0) is 6.61 Å². The molecule has 6 nitrogen and oxygen atoms in total. The number of aromatic amines is 1. The SMILES string of the molecule is Cc1ccc(-c2cc(NC(=O)c3cccc(OCc4cccnc4)c3)n[nH]2)s1. The number of pyridine rings is 1. The molecule has 0 aliphatic rings. The van der Waals surface area contributed by atoms with Gasteiger partial charge >= 0.3 is 0 Å². The lowest BCUT2D eigenvalue weighted by Crippen LogP contribution is -2.12. The van der Waals surface area contributed by atoms with Gasteiger partial charge in [0.1, 0.15) is 12.4 Å². The van der Waals surface area contributed by atoms with Crippen LogP contribution in [0.1, 0.15) is 20.8 Å². The summed E-state index contributed by atoms with van der Waals surface area (Å²) in [7, 11) is 0. The van der Waals surface area contributed by atoms with Crippen molar-refractivity contribution in [3.8, 4) is 16.3 Å². The Labute approximate surface area is 166 Å². The third kappa shape index (κ3) is 4.27. The number of carbonyl (C=O) groups excluding carboxylic acids is 1. The lowest BCUT2D eigenvalue weighted by Gasteiger charge is -2.08. The topological polar surface area (TPSA) is 79.9 Å². The largest absolute Gasteiger partial charge is 0.489 e. The second-order valence-electron chi connectivity index (χ2n) is 6.21. The first kappa shape index (κ1) is 17.9. The van der Waals surface area contributed by atoms with Crippen LogP contribution in [0.3, 0.4) is 0 Å². The molecule has 1 amide bonds. The lowest BCUT2D eigenvalue weighted by molar-refractivity contribution is 0.102. The number of nitrogens with zero attached hydrogens (tertiary/aromatic N) is 2. The van der Waals surface area contributed by atoms with Gasteiger partial charge in [-0.05, 0) is 43.3 Å². The highest BCUT2D eigenvalue weighted by atomic mass is 32.1. The Balaban J connectivity index is 1.41. The van der Waals surface area contributed by atoms with Crippen LogP contribution in [-0.4, -0.2) is 21.1 Å². The van der Waals surface area contributed by atoms with E-state index in [2.05, 4.69) is 33.5 Å². The van der Waals surface area contributed by atoms with E-state index < -0.39 is 0 Å². The number of hydrogen-bond donors (Lipinski definition) is 2. The number of anilines is 1. The maximum Gasteiger partial charge on any atom is 0.256 e. The number of hydrogen-bond acceptors (Lipinski definition) is 5. The van der Waals surface area contributed by atoms with E-state index in [1.54, 1.807) is 41.9 Å². The minimum absolute atomic E-state index is 0.243. The van der Waals surface area contributed by atoms with Crippen molar-refractivity contribution in [1.29, 1.82) is 0 Å². The van der Waals surface area contributed by atoms with Gasteiger partial charge in [-0.25, -0.2) is 0 Å². The first-order valence-electron chi connectivity index (χ1n) is 8.73. The fourth-order valence-electron chi connectivity index (χ4n) is 2.66. The number of H-pyrrole nitrogens is 1. The van der Waals surface area contributed by atoms with Gasteiger partial charge in [-0.15, -0.1) is 11.3 Å². The van der Waals surface area contributed by atoms with Crippen LogP contribution in [0.2, 0.25) is 0 Å². The predicted octanol–water partition coefficient (Wildman–Crippen LogP) is 4.67. The van der Waals surface area contributed by atoms with Crippen molar-refractivity contribution < 1.29 is 9.53 Å². The molecule has 0 unspecified atom stereocenters. The summed E-state index contributed by atoms with van der Waals surface area (Å²) in [5.41, 5.74) is 2.34. The lowest BCUT2D eigenvalue weighted by atomic mass is 10.2. The van der Waals surface area contributed by atoms with Gasteiger partial charge in [0.05, 0.1) is 10.6 Å². The Morgan fingerprint density at radius 2 is 2.11 bits per heavy atom. The molecule has 0 saturated heterocycles. The molecule has 7 heteroatoms. The molecule has 0 saturated carbocycles. The second kappa shape index (κ2) is 8.06. The van der Waals surface area contributed by atoms with E-state index in [4.69, 9.17) is 4.74 Å². The van der Waals surface area contributed by atoms with E-state index in [1.807, 2.05) is 30.3 Å². The molecule has 140 valence electrons. The van der Waals surface area contributed by atoms with Crippen molar-refractivity contribution >= 4 is 23.1 Å². The van der Waals surface area contributed by atoms with Gasteiger partial charge in [0, 0.05) is 34.5 Å². The summed E-state index contributed by atoms with van der Waals surface area (Å²) in [6.07, 6.45) is 3.47. The van der Waals surface area contributed by atoms with Crippen LogP contribution >= 0.6 is 11.3 Å². The molecule has 0 radical (unpaired) electrons. The number of nitrogens with one attached hydrogen (secondary N) is 2. The Morgan fingerprint density at radius 3 is 2.89 bits per heavy atom. The fraction of sp³-hybridized carbons (Fsp3) is 0.0952. The summed E-state index contributed by atoms with van der Waals surface area (Å²) in [4.78, 5) is 18.9. The monoisotopic (exact) mass is 390 g/mol. The van der Waals surface area contributed by atoms with Crippen molar-refractivity contribution in [3.05, 3.63) is 83.0 Å². The van der Waals surface area contributed by atoms with Crippen LogP contribution in [0.25, 0.3) is 10.6 Å².